The molecule has 1 aromatic rings. The molecule has 1 N–H and O–H groups in total. The number of aryl methyl sites for hydroxylation is 2. The molecule has 2 rings (SSSR count). The Kier molecular flexibility index (Phi) is 7.51. The molecule has 0 aliphatic heterocycles. The van der Waals surface area contributed by atoms with Crippen LogP contribution in [0.15, 0.2) is 12.1 Å². The molecule has 26 heavy (non-hydrogen) atoms. The minimum Gasteiger partial charge on any atom is -0.493 e. The van der Waals surface area contributed by atoms with E-state index < -0.39 is 5.60 Å². The Bertz CT molecular complexity index is 590. The summed E-state index contributed by atoms with van der Waals surface area (Å²) in [6.45, 7) is 11.8. The summed E-state index contributed by atoms with van der Waals surface area (Å²) in [5.41, 5.74) is 2.24. The first-order chi connectivity index (χ1) is 12.4. The maximum Gasteiger partial charge on any atom is 0.256 e. The number of hydrogen-bond donors (Lipinski definition) is 1. The summed E-state index contributed by atoms with van der Waals surface area (Å²) in [6.07, 6.45) is 5.72. The van der Waals surface area contributed by atoms with Crippen molar-refractivity contribution in [3.05, 3.63) is 23.3 Å². The molecule has 1 saturated carbocycles. The second kappa shape index (κ2) is 9.40. The third-order valence-corrected chi connectivity index (χ3v) is 5.12. The van der Waals surface area contributed by atoms with Crippen molar-refractivity contribution < 1.29 is 14.3 Å². The van der Waals surface area contributed by atoms with Crippen LogP contribution in [0, 0.1) is 19.8 Å². The summed E-state index contributed by atoms with van der Waals surface area (Å²) in [6, 6.07) is 3.99. The van der Waals surface area contributed by atoms with Crippen LogP contribution >= 0.6 is 0 Å². The standard InChI is InChI=1S/C22H35NO3/c1-6-11-25-20-17(4)13-19(14-18(20)5)23-21(24)22(26-12-7-2)10-8-9-16(3)15-22/h13-14,16H,6-12,15H2,1-5H3,(H,23,24)/t16-,22+/m1/s1. The fourth-order valence-corrected chi connectivity index (χ4v) is 3.90. The van der Waals surface area contributed by atoms with Crippen LogP contribution in [0.25, 0.3) is 0 Å². The average Bonchev–Trinajstić information content (AvgIpc) is 2.59. The average molecular weight is 362 g/mol. The van der Waals surface area contributed by atoms with Crippen LogP contribution in [0.4, 0.5) is 5.69 Å². The Labute approximate surface area is 158 Å². The molecule has 0 radical (unpaired) electrons. The Morgan fingerprint density at radius 1 is 1.19 bits per heavy atom. The van der Waals surface area contributed by atoms with Gasteiger partial charge in [0, 0.05) is 12.3 Å². The first kappa shape index (κ1) is 20.8. The van der Waals surface area contributed by atoms with E-state index in [1.165, 1.54) is 6.42 Å². The van der Waals surface area contributed by atoms with Crippen LogP contribution in [0.2, 0.25) is 0 Å². The second-order valence-corrected chi connectivity index (χ2v) is 7.79. The molecule has 2 atom stereocenters. The van der Waals surface area contributed by atoms with Crippen LogP contribution in [0.3, 0.4) is 0 Å². The van der Waals surface area contributed by atoms with Gasteiger partial charge in [-0.05, 0) is 75.1 Å². The minimum atomic E-state index is -0.688. The predicted octanol–water partition coefficient (Wildman–Crippen LogP) is 5.41. The third-order valence-electron chi connectivity index (χ3n) is 5.12. The lowest BCUT2D eigenvalue weighted by molar-refractivity contribution is -0.148. The van der Waals surface area contributed by atoms with Gasteiger partial charge in [0.1, 0.15) is 11.4 Å². The molecule has 1 fully saturated rings. The smallest absolute Gasteiger partial charge is 0.256 e. The van der Waals surface area contributed by atoms with Gasteiger partial charge in [-0.15, -0.1) is 0 Å². The van der Waals surface area contributed by atoms with Crippen molar-refractivity contribution in [2.75, 3.05) is 18.5 Å². The van der Waals surface area contributed by atoms with Gasteiger partial charge < -0.3 is 14.8 Å². The number of carbonyl (C=O) groups excluding carboxylic acids is 1. The Hall–Kier alpha value is -1.55. The van der Waals surface area contributed by atoms with Gasteiger partial charge in [0.15, 0.2) is 0 Å². The maximum absolute atomic E-state index is 13.2. The first-order valence-corrected chi connectivity index (χ1v) is 10.1. The number of hydrogen-bond acceptors (Lipinski definition) is 3. The second-order valence-electron chi connectivity index (χ2n) is 7.79. The van der Waals surface area contributed by atoms with Crippen molar-refractivity contribution in [2.24, 2.45) is 5.92 Å². The SMILES string of the molecule is CCCOc1c(C)cc(NC(=O)[C@]2(OCCC)CCC[C@@H](C)C2)cc1C. The highest BCUT2D eigenvalue weighted by Crippen LogP contribution is 2.37. The molecule has 1 aliphatic rings. The number of rotatable bonds is 8. The summed E-state index contributed by atoms with van der Waals surface area (Å²) in [7, 11) is 0. The highest BCUT2D eigenvalue weighted by atomic mass is 16.5. The van der Waals surface area contributed by atoms with Crippen molar-refractivity contribution in [3.63, 3.8) is 0 Å². The van der Waals surface area contributed by atoms with E-state index in [1.807, 2.05) is 26.0 Å². The van der Waals surface area contributed by atoms with E-state index in [1.54, 1.807) is 0 Å². The van der Waals surface area contributed by atoms with Crippen LogP contribution < -0.4 is 10.1 Å². The zero-order valence-corrected chi connectivity index (χ0v) is 17.1. The van der Waals surface area contributed by atoms with E-state index in [-0.39, 0.29) is 5.91 Å². The van der Waals surface area contributed by atoms with Gasteiger partial charge in [0.2, 0.25) is 0 Å². The molecule has 0 spiro atoms. The first-order valence-electron chi connectivity index (χ1n) is 10.1. The molecule has 1 amide bonds. The number of carbonyl (C=O) groups is 1. The number of amides is 1. The maximum atomic E-state index is 13.2. The molecule has 4 nitrogen and oxygen atoms in total. The summed E-state index contributed by atoms with van der Waals surface area (Å²) in [5.74, 6) is 1.44. The van der Waals surface area contributed by atoms with Crippen molar-refractivity contribution in [1.82, 2.24) is 0 Å². The van der Waals surface area contributed by atoms with E-state index in [0.717, 1.165) is 54.7 Å². The molecule has 146 valence electrons. The molecule has 1 aliphatic carbocycles. The summed E-state index contributed by atoms with van der Waals surface area (Å²) in [5, 5.41) is 3.13. The molecule has 0 saturated heterocycles. The van der Waals surface area contributed by atoms with E-state index in [2.05, 4.69) is 26.1 Å². The molecule has 0 unspecified atom stereocenters. The van der Waals surface area contributed by atoms with Gasteiger partial charge >= 0.3 is 0 Å². The van der Waals surface area contributed by atoms with Crippen molar-refractivity contribution >= 4 is 11.6 Å². The zero-order valence-electron chi connectivity index (χ0n) is 17.1. The third kappa shape index (κ3) is 5.00. The predicted molar refractivity (Wildman–Crippen MR) is 107 cm³/mol. The van der Waals surface area contributed by atoms with E-state index >= 15 is 0 Å². The minimum absolute atomic E-state index is 0.00136. The molecule has 4 heteroatoms. The molecule has 0 bridgehead atoms. The molecule has 0 heterocycles. The van der Waals surface area contributed by atoms with Crippen molar-refractivity contribution in [3.8, 4) is 5.75 Å². The van der Waals surface area contributed by atoms with Gasteiger partial charge in [-0.1, -0.05) is 27.2 Å². The van der Waals surface area contributed by atoms with Gasteiger partial charge in [0.25, 0.3) is 5.91 Å². The van der Waals surface area contributed by atoms with Gasteiger partial charge in [-0.2, -0.15) is 0 Å². The summed E-state index contributed by atoms with van der Waals surface area (Å²) >= 11 is 0. The Morgan fingerprint density at radius 2 is 1.85 bits per heavy atom. The van der Waals surface area contributed by atoms with Crippen LogP contribution in [-0.4, -0.2) is 24.7 Å². The van der Waals surface area contributed by atoms with Gasteiger partial charge in [0.05, 0.1) is 6.61 Å². The molecule has 1 aromatic carbocycles. The molecular formula is C22H35NO3. The van der Waals surface area contributed by atoms with Crippen LogP contribution in [0.1, 0.15) is 70.4 Å². The zero-order chi connectivity index (χ0) is 19.2. The van der Waals surface area contributed by atoms with Crippen LogP contribution in [-0.2, 0) is 9.53 Å². The number of anilines is 1. The topological polar surface area (TPSA) is 47.6 Å². The van der Waals surface area contributed by atoms with Crippen LogP contribution in [0.5, 0.6) is 5.75 Å². The highest BCUT2D eigenvalue weighted by molar-refractivity contribution is 5.97. The monoisotopic (exact) mass is 361 g/mol. The molecular weight excluding hydrogens is 326 g/mol. The fourth-order valence-electron chi connectivity index (χ4n) is 3.90. The van der Waals surface area contributed by atoms with E-state index in [9.17, 15) is 4.79 Å². The molecule has 0 aromatic heterocycles. The quantitative estimate of drug-likeness (QED) is 0.674. The normalized spacial score (nSPS) is 22.9. The lowest BCUT2D eigenvalue weighted by Gasteiger charge is -2.38. The van der Waals surface area contributed by atoms with E-state index in [4.69, 9.17) is 9.47 Å². The lowest BCUT2D eigenvalue weighted by atomic mass is 9.78. The van der Waals surface area contributed by atoms with Crippen molar-refractivity contribution in [2.45, 2.75) is 78.7 Å². The number of benzene rings is 1. The number of nitrogens with one attached hydrogen (secondary N) is 1. The highest BCUT2D eigenvalue weighted by Gasteiger charge is 2.42. The largest absolute Gasteiger partial charge is 0.493 e. The fraction of sp³-hybridized carbons (Fsp3) is 0.682. The van der Waals surface area contributed by atoms with Gasteiger partial charge in [-0.25, -0.2) is 0 Å². The number of ether oxygens (including phenoxy) is 2. The van der Waals surface area contributed by atoms with Crippen molar-refractivity contribution in [1.29, 1.82) is 0 Å². The summed E-state index contributed by atoms with van der Waals surface area (Å²) < 4.78 is 12.0. The van der Waals surface area contributed by atoms with E-state index in [0.29, 0.717) is 19.1 Å². The Balaban J connectivity index is 2.18. The summed E-state index contributed by atoms with van der Waals surface area (Å²) in [4.78, 5) is 13.2. The Morgan fingerprint density at radius 3 is 2.42 bits per heavy atom. The lowest BCUT2D eigenvalue weighted by Crippen LogP contribution is -2.48. The van der Waals surface area contributed by atoms with Gasteiger partial charge in [-0.3, -0.25) is 4.79 Å².